The van der Waals surface area contributed by atoms with Gasteiger partial charge in [0, 0.05) is 19.6 Å². The van der Waals surface area contributed by atoms with Gasteiger partial charge in [-0.2, -0.15) is 0 Å². The third kappa shape index (κ3) is 6.66. The molecule has 0 radical (unpaired) electrons. The van der Waals surface area contributed by atoms with Gasteiger partial charge in [0.15, 0.2) is 8.68 Å². The van der Waals surface area contributed by atoms with Crippen LogP contribution in [0.15, 0.2) is 8.68 Å². The molecule has 1 aliphatic rings. The smallest absolute Gasteiger partial charge is 0.233 e. The second-order valence-corrected chi connectivity index (χ2v) is 8.18. The Kier molecular flexibility index (Phi) is 8.13. The fraction of sp³-hybridized carbons (Fsp3) is 0.692. The van der Waals surface area contributed by atoms with Crippen LogP contribution in [0.5, 0.6) is 0 Å². The molecule has 1 aliphatic heterocycles. The van der Waals surface area contributed by atoms with E-state index in [0.717, 1.165) is 15.1 Å². The van der Waals surface area contributed by atoms with E-state index in [4.69, 9.17) is 4.74 Å². The first kappa shape index (κ1) is 18.5. The van der Waals surface area contributed by atoms with Crippen LogP contribution in [0.25, 0.3) is 0 Å². The molecule has 0 unspecified atom stereocenters. The molecule has 1 saturated heterocycles. The van der Waals surface area contributed by atoms with Gasteiger partial charge in [0.25, 0.3) is 0 Å². The minimum absolute atomic E-state index is 0.00347. The van der Waals surface area contributed by atoms with Crippen LogP contribution in [0, 0.1) is 0 Å². The van der Waals surface area contributed by atoms with E-state index in [2.05, 4.69) is 15.5 Å². The molecule has 10 heteroatoms. The van der Waals surface area contributed by atoms with Gasteiger partial charge in [-0.3, -0.25) is 9.59 Å². The number of morpholine rings is 1. The van der Waals surface area contributed by atoms with E-state index in [-0.39, 0.29) is 11.8 Å². The Morgan fingerprint density at radius 3 is 2.52 bits per heavy atom. The molecule has 2 heterocycles. The molecule has 0 aromatic carbocycles. The number of thioether (sulfide) groups is 2. The largest absolute Gasteiger partial charge is 0.378 e. The lowest BCUT2D eigenvalue weighted by molar-refractivity contribution is -0.132. The molecule has 7 nitrogen and oxygen atoms in total. The van der Waals surface area contributed by atoms with Gasteiger partial charge in [0.1, 0.15) is 0 Å². The second kappa shape index (κ2) is 10.1. The molecule has 0 spiro atoms. The van der Waals surface area contributed by atoms with E-state index in [9.17, 15) is 9.59 Å². The number of nitrogens with one attached hydrogen (secondary N) is 1. The van der Waals surface area contributed by atoms with E-state index in [0.29, 0.717) is 44.4 Å². The van der Waals surface area contributed by atoms with Crippen molar-refractivity contribution in [2.45, 2.75) is 22.0 Å². The molecule has 1 fully saturated rings. The summed E-state index contributed by atoms with van der Waals surface area (Å²) in [4.78, 5) is 25.4. The van der Waals surface area contributed by atoms with Gasteiger partial charge in [-0.1, -0.05) is 41.8 Å². The Bertz CT molecular complexity index is 520. The van der Waals surface area contributed by atoms with Crippen molar-refractivity contribution < 1.29 is 14.3 Å². The fourth-order valence-electron chi connectivity index (χ4n) is 1.78. The SMILES string of the molecule is CCCNC(=O)CSc1nnc(SCC(=O)N2CCOCC2)s1. The third-order valence-corrected chi connectivity index (χ3v) is 6.14. The predicted octanol–water partition coefficient (Wildman–Crippen LogP) is 1.11. The van der Waals surface area contributed by atoms with E-state index in [1.54, 1.807) is 0 Å². The van der Waals surface area contributed by atoms with E-state index in [1.165, 1.54) is 34.9 Å². The summed E-state index contributed by atoms with van der Waals surface area (Å²) in [5.74, 6) is 0.799. The van der Waals surface area contributed by atoms with Crippen LogP contribution in [0.2, 0.25) is 0 Å². The number of ether oxygens (including phenoxy) is 1. The topological polar surface area (TPSA) is 84.4 Å². The van der Waals surface area contributed by atoms with Crippen molar-refractivity contribution in [2.24, 2.45) is 0 Å². The molecule has 0 atom stereocenters. The van der Waals surface area contributed by atoms with Gasteiger partial charge in [0.05, 0.1) is 24.7 Å². The second-order valence-electron chi connectivity index (χ2n) is 4.75. The van der Waals surface area contributed by atoms with E-state index < -0.39 is 0 Å². The Morgan fingerprint density at radius 2 is 1.87 bits per heavy atom. The van der Waals surface area contributed by atoms with Crippen LogP contribution in [0.1, 0.15) is 13.3 Å². The van der Waals surface area contributed by atoms with Crippen LogP contribution < -0.4 is 5.32 Å². The molecule has 23 heavy (non-hydrogen) atoms. The number of hydrogen-bond acceptors (Lipinski definition) is 8. The standard InChI is InChI=1S/C13H20N4O3S3/c1-2-3-14-10(18)8-21-12-15-16-13(23-12)22-9-11(19)17-4-6-20-7-5-17/h2-9H2,1H3,(H,14,18). The zero-order chi connectivity index (χ0) is 16.5. The summed E-state index contributed by atoms with van der Waals surface area (Å²) in [5, 5.41) is 10.9. The number of aromatic nitrogens is 2. The highest BCUT2D eigenvalue weighted by molar-refractivity contribution is 8.03. The molecule has 0 bridgehead atoms. The van der Waals surface area contributed by atoms with Gasteiger partial charge in [-0.05, 0) is 6.42 Å². The maximum Gasteiger partial charge on any atom is 0.233 e. The summed E-state index contributed by atoms with van der Waals surface area (Å²) in [5.41, 5.74) is 0. The van der Waals surface area contributed by atoms with Crippen LogP contribution in [0.4, 0.5) is 0 Å². The zero-order valence-electron chi connectivity index (χ0n) is 12.9. The van der Waals surface area contributed by atoms with Crippen LogP contribution >= 0.6 is 34.9 Å². The van der Waals surface area contributed by atoms with Gasteiger partial charge >= 0.3 is 0 Å². The number of carbonyl (C=O) groups is 2. The van der Waals surface area contributed by atoms with E-state index >= 15 is 0 Å². The minimum atomic E-state index is 0.00347. The molecule has 128 valence electrons. The molecular weight excluding hydrogens is 356 g/mol. The molecule has 1 aromatic heterocycles. The normalized spacial score (nSPS) is 14.7. The maximum absolute atomic E-state index is 12.0. The number of carbonyl (C=O) groups excluding carboxylic acids is 2. The highest BCUT2D eigenvalue weighted by atomic mass is 32.2. The summed E-state index contributed by atoms with van der Waals surface area (Å²) < 4.78 is 6.73. The summed E-state index contributed by atoms with van der Waals surface area (Å²) in [7, 11) is 0. The van der Waals surface area contributed by atoms with Crippen LogP contribution in [0.3, 0.4) is 0 Å². The lowest BCUT2D eigenvalue weighted by Crippen LogP contribution is -2.41. The Morgan fingerprint density at radius 1 is 1.22 bits per heavy atom. The first-order chi connectivity index (χ1) is 11.2. The van der Waals surface area contributed by atoms with Crippen molar-refractivity contribution >= 4 is 46.7 Å². The summed E-state index contributed by atoms with van der Waals surface area (Å²) >= 11 is 4.18. The van der Waals surface area contributed by atoms with Gasteiger partial charge in [-0.25, -0.2) is 0 Å². The Labute approximate surface area is 147 Å². The fourth-order valence-corrected chi connectivity index (χ4v) is 4.54. The van der Waals surface area contributed by atoms with Crippen molar-refractivity contribution in [3.8, 4) is 0 Å². The molecule has 1 aromatic rings. The van der Waals surface area contributed by atoms with Crippen molar-refractivity contribution in [3.05, 3.63) is 0 Å². The molecule has 0 saturated carbocycles. The minimum Gasteiger partial charge on any atom is -0.378 e. The molecule has 0 aliphatic carbocycles. The third-order valence-electron chi connectivity index (χ3n) is 2.97. The maximum atomic E-state index is 12.0. The summed E-state index contributed by atoms with van der Waals surface area (Å²) in [6.45, 7) is 5.24. The van der Waals surface area contributed by atoms with Crippen molar-refractivity contribution in [2.75, 3.05) is 44.4 Å². The average Bonchev–Trinajstić information content (AvgIpc) is 3.04. The highest BCUT2D eigenvalue weighted by Crippen LogP contribution is 2.28. The number of nitrogens with zero attached hydrogens (tertiary/aromatic N) is 3. The molecule has 1 N–H and O–H groups in total. The molecule has 2 rings (SSSR count). The van der Waals surface area contributed by atoms with Crippen LogP contribution in [-0.4, -0.2) is 71.3 Å². The predicted molar refractivity (Wildman–Crippen MR) is 92.1 cm³/mol. The lowest BCUT2D eigenvalue weighted by Gasteiger charge is -2.26. The first-order valence-corrected chi connectivity index (χ1v) is 10.2. The van der Waals surface area contributed by atoms with Crippen molar-refractivity contribution in [1.29, 1.82) is 0 Å². The zero-order valence-corrected chi connectivity index (χ0v) is 15.4. The Balaban J connectivity index is 1.69. The monoisotopic (exact) mass is 376 g/mol. The van der Waals surface area contributed by atoms with Crippen molar-refractivity contribution in [1.82, 2.24) is 20.4 Å². The number of amides is 2. The summed E-state index contributed by atoms with van der Waals surface area (Å²) in [6, 6.07) is 0. The van der Waals surface area contributed by atoms with Gasteiger partial charge < -0.3 is 15.0 Å². The summed E-state index contributed by atoms with van der Waals surface area (Å²) in [6.07, 6.45) is 0.924. The number of hydrogen-bond donors (Lipinski definition) is 1. The lowest BCUT2D eigenvalue weighted by atomic mass is 10.4. The van der Waals surface area contributed by atoms with Crippen molar-refractivity contribution in [3.63, 3.8) is 0 Å². The number of rotatable bonds is 8. The van der Waals surface area contributed by atoms with E-state index in [1.807, 2.05) is 11.8 Å². The average molecular weight is 377 g/mol. The Hall–Kier alpha value is -0.840. The molecule has 2 amide bonds. The van der Waals surface area contributed by atoms with Crippen LogP contribution in [-0.2, 0) is 14.3 Å². The van der Waals surface area contributed by atoms with Gasteiger partial charge in [-0.15, -0.1) is 10.2 Å². The first-order valence-electron chi connectivity index (χ1n) is 7.40. The van der Waals surface area contributed by atoms with Gasteiger partial charge in [0.2, 0.25) is 11.8 Å². The quantitative estimate of drug-likeness (QED) is 0.680. The highest BCUT2D eigenvalue weighted by Gasteiger charge is 2.17. The molecular formula is C13H20N4O3S3.